The maximum Gasteiger partial charge on any atom is 0.235 e. The van der Waals surface area contributed by atoms with E-state index in [0.29, 0.717) is 18.9 Å². The first-order chi connectivity index (χ1) is 10.6. The molecule has 118 valence electrons. The summed E-state index contributed by atoms with van der Waals surface area (Å²) in [5, 5.41) is 3.14. The van der Waals surface area contributed by atoms with Gasteiger partial charge in [-0.05, 0) is 19.1 Å². The van der Waals surface area contributed by atoms with Crippen LogP contribution in [-0.2, 0) is 11.4 Å². The van der Waals surface area contributed by atoms with Gasteiger partial charge in [-0.15, -0.1) is 0 Å². The van der Waals surface area contributed by atoms with Crippen molar-refractivity contribution in [2.24, 2.45) is 5.84 Å². The van der Waals surface area contributed by atoms with E-state index >= 15 is 0 Å². The maximum absolute atomic E-state index is 8.94. The van der Waals surface area contributed by atoms with Crippen molar-refractivity contribution in [3.8, 4) is 5.88 Å². The Morgan fingerprint density at radius 2 is 2.05 bits per heavy atom. The van der Waals surface area contributed by atoms with E-state index in [2.05, 4.69) is 37.1 Å². The number of nitrogens with zero attached hydrogens (tertiary/aromatic N) is 2. The van der Waals surface area contributed by atoms with E-state index < -0.39 is 0 Å². The van der Waals surface area contributed by atoms with E-state index in [4.69, 9.17) is 9.53 Å². The number of halogens is 1. The number of aryl methyl sites for hydroxylation is 1. The van der Waals surface area contributed by atoms with Crippen LogP contribution in [0.1, 0.15) is 11.3 Å². The minimum absolute atomic E-state index is 0.403. The zero-order chi connectivity index (χ0) is 16.4. The van der Waals surface area contributed by atoms with Gasteiger partial charge in [0.25, 0.3) is 0 Å². The lowest BCUT2D eigenvalue weighted by atomic mass is 10.2. The number of aromatic nitrogens is 2. The number of carbonyl (C=O) groups is 1. The van der Waals surface area contributed by atoms with Gasteiger partial charge >= 0.3 is 0 Å². The third-order valence-electron chi connectivity index (χ3n) is 2.65. The Bertz CT molecular complexity index is 610. The van der Waals surface area contributed by atoms with E-state index in [0.717, 1.165) is 21.4 Å². The van der Waals surface area contributed by atoms with Gasteiger partial charge in [-0.3, -0.25) is 15.2 Å². The predicted molar refractivity (Wildman–Crippen MR) is 88.2 cm³/mol. The molecule has 22 heavy (non-hydrogen) atoms. The number of hydrazine groups is 1. The van der Waals surface area contributed by atoms with Crippen LogP contribution < -0.4 is 21.3 Å². The number of anilines is 1. The third-order valence-corrected chi connectivity index (χ3v) is 3.39. The molecule has 7 nitrogen and oxygen atoms in total. The van der Waals surface area contributed by atoms with E-state index in [1.54, 1.807) is 17.8 Å². The highest BCUT2D eigenvalue weighted by atomic mass is 79.9. The summed E-state index contributed by atoms with van der Waals surface area (Å²) in [6, 6.07) is 5.98. The molecule has 1 amide bonds. The smallest absolute Gasteiger partial charge is 0.235 e. The fourth-order valence-corrected chi connectivity index (χ4v) is 2.10. The lowest BCUT2D eigenvalue weighted by Crippen LogP contribution is -2.18. The monoisotopic (exact) mass is 367 g/mol. The minimum atomic E-state index is 0.403. The molecule has 1 aromatic carbocycles. The molecule has 2 rings (SSSR count). The number of ether oxygens (including phenoxy) is 1. The highest BCUT2D eigenvalue weighted by Crippen LogP contribution is 2.26. The van der Waals surface area contributed by atoms with Crippen LogP contribution in [0.15, 0.2) is 35.1 Å². The molecule has 0 saturated heterocycles. The fraction of sp³-hybridized carbons (Fsp3) is 0.214. The average Bonchev–Trinajstić information content (AvgIpc) is 2.55. The highest BCUT2D eigenvalue weighted by Gasteiger charge is 2.08. The summed E-state index contributed by atoms with van der Waals surface area (Å²) in [5.74, 6) is 4.97. The van der Waals surface area contributed by atoms with E-state index in [1.807, 2.05) is 32.2 Å². The van der Waals surface area contributed by atoms with Crippen LogP contribution in [0.25, 0.3) is 0 Å². The van der Waals surface area contributed by atoms with E-state index in [1.165, 1.54) is 0 Å². The molecular formula is C14H18BrN5O2. The van der Waals surface area contributed by atoms with Crippen molar-refractivity contribution in [2.45, 2.75) is 13.5 Å². The van der Waals surface area contributed by atoms with Gasteiger partial charge in [-0.1, -0.05) is 22.0 Å². The Labute approximate surface area is 137 Å². The van der Waals surface area contributed by atoms with Crippen LogP contribution in [0.3, 0.4) is 0 Å². The van der Waals surface area contributed by atoms with Crippen molar-refractivity contribution in [3.05, 3.63) is 46.3 Å². The zero-order valence-corrected chi connectivity index (χ0v) is 13.9. The lowest BCUT2D eigenvalue weighted by molar-refractivity contribution is -0.109. The Balaban J connectivity index is 0.000000541. The van der Waals surface area contributed by atoms with Gasteiger partial charge in [0.05, 0.1) is 5.69 Å². The second-order valence-electron chi connectivity index (χ2n) is 4.04. The van der Waals surface area contributed by atoms with Crippen LogP contribution in [-0.4, -0.2) is 23.4 Å². The second-order valence-corrected chi connectivity index (χ2v) is 4.89. The molecule has 0 unspecified atom stereocenters. The molecule has 2 aromatic rings. The molecule has 0 aliphatic heterocycles. The Morgan fingerprint density at radius 3 is 2.64 bits per heavy atom. The number of benzene rings is 1. The molecule has 1 aromatic heterocycles. The van der Waals surface area contributed by atoms with Crippen LogP contribution in [0.2, 0.25) is 0 Å². The maximum atomic E-state index is 8.94. The summed E-state index contributed by atoms with van der Waals surface area (Å²) in [6.07, 6.45) is 3.68. The topological polar surface area (TPSA) is 102 Å². The summed E-state index contributed by atoms with van der Waals surface area (Å²) < 4.78 is 6.71. The zero-order valence-electron chi connectivity index (χ0n) is 12.3. The molecule has 0 saturated carbocycles. The molecule has 8 heteroatoms. The summed E-state index contributed by atoms with van der Waals surface area (Å²) in [7, 11) is 1.89. The number of nitrogens with one attached hydrogen (secondary N) is 2. The predicted octanol–water partition coefficient (Wildman–Crippen LogP) is 1.77. The van der Waals surface area contributed by atoms with Gasteiger partial charge < -0.3 is 10.1 Å². The lowest BCUT2D eigenvalue weighted by Gasteiger charge is -2.12. The first kappa shape index (κ1) is 17.9. The van der Waals surface area contributed by atoms with Gasteiger partial charge in [0, 0.05) is 35.2 Å². The Hall–Kier alpha value is -2.19. The third kappa shape index (κ3) is 5.30. The first-order valence-corrected chi connectivity index (χ1v) is 7.18. The SMILES string of the molecule is CNc1cccc(Br)c1COc1nccnc1C.NNC=O. The summed E-state index contributed by atoms with van der Waals surface area (Å²) in [6.45, 7) is 2.32. The van der Waals surface area contributed by atoms with Crippen molar-refractivity contribution in [1.29, 1.82) is 0 Å². The summed E-state index contributed by atoms with van der Waals surface area (Å²) in [4.78, 5) is 17.2. The number of hydrogen-bond acceptors (Lipinski definition) is 6. The van der Waals surface area contributed by atoms with E-state index in [9.17, 15) is 0 Å². The molecule has 4 N–H and O–H groups in total. The molecular weight excluding hydrogens is 350 g/mol. The molecule has 1 heterocycles. The largest absolute Gasteiger partial charge is 0.471 e. The number of amides is 1. The van der Waals surface area contributed by atoms with Gasteiger partial charge in [0.15, 0.2) is 0 Å². The fourth-order valence-electron chi connectivity index (χ4n) is 1.62. The van der Waals surface area contributed by atoms with Crippen molar-refractivity contribution in [3.63, 3.8) is 0 Å². The molecule has 0 aliphatic rings. The van der Waals surface area contributed by atoms with Crippen LogP contribution >= 0.6 is 15.9 Å². The van der Waals surface area contributed by atoms with Crippen molar-refractivity contribution >= 4 is 28.0 Å². The molecule has 0 spiro atoms. The average molecular weight is 368 g/mol. The van der Waals surface area contributed by atoms with Gasteiger partial charge in [0.2, 0.25) is 12.3 Å². The Kier molecular flexibility index (Phi) is 7.87. The highest BCUT2D eigenvalue weighted by molar-refractivity contribution is 9.10. The molecule has 0 radical (unpaired) electrons. The first-order valence-electron chi connectivity index (χ1n) is 6.39. The van der Waals surface area contributed by atoms with Gasteiger partial charge in [0.1, 0.15) is 6.61 Å². The summed E-state index contributed by atoms with van der Waals surface area (Å²) in [5.41, 5.74) is 4.63. The molecule has 0 bridgehead atoms. The number of carbonyl (C=O) groups excluding carboxylic acids is 1. The van der Waals surface area contributed by atoms with Gasteiger partial charge in [-0.2, -0.15) is 0 Å². The summed E-state index contributed by atoms with van der Waals surface area (Å²) >= 11 is 3.52. The van der Waals surface area contributed by atoms with E-state index in [-0.39, 0.29) is 0 Å². The number of rotatable bonds is 5. The normalized spacial score (nSPS) is 9.27. The number of nitrogens with two attached hydrogens (primary N) is 1. The quantitative estimate of drug-likeness (QED) is 0.322. The molecule has 0 atom stereocenters. The second kappa shape index (κ2) is 9.69. The van der Waals surface area contributed by atoms with Crippen molar-refractivity contribution in [2.75, 3.05) is 12.4 Å². The molecule has 0 aliphatic carbocycles. The van der Waals surface area contributed by atoms with Crippen molar-refractivity contribution < 1.29 is 9.53 Å². The van der Waals surface area contributed by atoms with Gasteiger partial charge in [-0.25, -0.2) is 10.8 Å². The number of hydrogen-bond donors (Lipinski definition) is 3. The minimum Gasteiger partial charge on any atom is -0.471 e. The van der Waals surface area contributed by atoms with Crippen LogP contribution in [0.4, 0.5) is 5.69 Å². The van der Waals surface area contributed by atoms with Crippen LogP contribution in [0.5, 0.6) is 5.88 Å². The Morgan fingerprint density at radius 1 is 1.36 bits per heavy atom. The molecule has 0 fully saturated rings. The standard InChI is InChI=1S/C13H14BrN3O.CH4N2O/c1-9-13(17-7-6-16-9)18-8-10-11(14)4-3-5-12(10)15-2;2-3-1-4/h3-7,15H,8H2,1-2H3;1H,2H2,(H,3,4). The van der Waals surface area contributed by atoms with Crippen molar-refractivity contribution in [1.82, 2.24) is 15.4 Å². The van der Waals surface area contributed by atoms with Crippen LogP contribution in [0, 0.1) is 6.92 Å².